The number of sulfonamides is 1. The third-order valence-electron chi connectivity index (χ3n) is 3.71. The Balaban J connectivity index is 1.61. The quantitative estimate of drug-likeness (QED) is 0.588. The molecule has 1 fully saturated rings. The molecule has 1 aliphatic heterocycles. The predicted molar refractivity (Wildman–Crippen MR) is 100 cm³/mol. The van der Waals surface area contributed by atoms with Gasteiger partial charge in [-0.25, -0.2) is 19.3 Å². The lowest BCUT2D eigenvalue weighted by Gasteiger charge is -2.13. The van der Waals surface area contributed by atoms with Gasteiger partial charge in [-0.1, -0.05) is 34.1 Å². The molecule has 25 heavy (non-hydrogen) atoms. The summed E-state index contributed by atoms with van der Waals surface area (Å²) in [5.74, 6) is -0.292. The molecule has 7 nitrogen and oxygen atoms in total. The number of carbonyl (C=O) groups excluding carboxylic acids is 1. The summed E-state index contributed by atoms with van der Waals surface area (Å²) >= 11 is 3.30. The van der Waals surface area contributed by atoms with Gasteiger partial charge in [-0.3, -0.25) is 9.52 Å². The van der Waals surface area contributed by atoms with Crippen molar-refractivity contribution in [2.45, 2.75) is 17.8 Å². The molecule has 2 aromatic carbocycles. The zero-order valence-corrected chi connectivity index (χ0v) is 15.5. The van der Waals surface area contributed by atoms with Crippen LogP contribution < -0.4 is 20.9 Å². The standard InChI is InChI=1S/C16H17BrN4O3S/c17-11-6-8-13(9-7-11)21-25(23,24)15-10-14(19-20-15)16(22)18-12-4-2-1-3-5-12/h1-9,14-15,19-21H,10H2,(H,18,22). The number of halogens is 1. The Morgan fingerprint density at radius 3 is 2.36 bits per heavy atom. The summed E-state index contributed by atoms with van der Waals surface area (Å²) < 4.78 is 28.3. The molecule has 0 saturated carbocycles. The molecular weight excluding hydrogens is 408 g/mol. The average molecular weight is 425 g/mol. The highest BCUT2D eigenvalue weighted by Crippen LogP contribution is 2.19. The van der Waals surface area contributed by atoms with E-state index < -0.39 is 21.4 Å². The number of hydrogen-bond acceptors (Lipinski definition) is 5. The molecule has 0 aliphatic carbocycles. The largest absolute Gasteiger partial charge is 0.325 e. The van der Waals surface area contributed by atoms with Gasteiger partial charge in [-0.15, -0.1) is 0 Å². The highest BCUT2D eigenvalue weighted by atomic mass is 79.9. The van der Waals surface area contributed by atoms with Gasteiger partial charge in [-0.05, 0) is 36.4 Å². The van der Waals surface area contributed by atoms with Crippen molar-refractivity contribution in [1.82, 2.24) is 10.9 Å². The second-order valence-electron chi connectivity index (χ2n) is 5.57. The summed E-state index contributed by atoms with van der Waals surface area (Å²) in [5, 5.41) is 1.84. The Kier molecular flexibility index (Phi) is 5.38. The third kappa shape index (κ3) is 4.57. The van der Waals surface area contributed by atoms with Crippen LogP contribution in [0.1, 0.15) is 6.42 Å². The highest BCUT2D eigenvalue weighted by molar-refractivity contribution is 9.10. The van der Waals surface area contributed by atoms with Crippen molar-refractivity contribution in [3.8, 4) is 0 Å². The van der Waals surface area contributed by atoms with Crippen LogP contribution in [0.2, 0.25) is 0 Å². The number of nitrogens with one attached hydrogen (secondary N) is 4. The molecule has 1 saturated heterocycles. The highest BCUT2D eigenvalue weighted by Gasteiger charge is 2.37. The SMILES string of the molecule is O=C(Nc1ccccc1)C1CC(S(=O)(=O)Nc2ccc(Br)cc2)NN1. The number of para-hydroxylation sites is 1. The fourth-order valence-electron chi connectivity index (χ4n) is 2.41. The summed E-state index contributed by atoms with van der Waals surface area (Å²) in [4.78, 5) is 12.2. The number of anilines is 2. The first-order chi connectivity index (χ1) is 11.9. The van der Waals surface area contributed by atoms with Crippen LogP contribution in [0.25, 0.3) is 0 Å². The molecule has 4 N–H and O–H groups in total. The van der Waals surface area contributed by atoms with Gasteiger partial charge in [0.15, 0.2) is 0 Å². The molecule has 0 radical (unpaired) electrons. The van der Waals surface area contributed by atoms with E-state index in [0.29, 0.717) is 11.4 Å². The number of hydrazine groups is 1. The van der Waals surface area contributed by atoms with Gasteiger partial charge in [-0.2, -0.15) is 0 Å². The maximum atomic E-state index is 12.5. The topological polar surface area (TPSA) is 99.3 Å². The molecule has 2 unspecified atom stereocenters. The first-order valence-electron chi connectivity index (χ1n) is 7.58. The van der Waals surface area contributed by atoms with Gasteiger partial charge < -0.3 is 5.32 Å². The number of hydrogen-bond donors (Lipinski definition) is 4. The summed E-state index contributed by atoms with van der Waals surface area (Å²) in [6, 6.07) is 15.2. The minimum Gasteiger partial charge on any atom is -0.325 e. The van der Waals surface area contributed by atoms with Crippen LogP contribution in [-0.4, -0.2) is 25.7 Å². The van der Waals surface area contributed by atoms with Crippen molar-refractivity contribution in [3.63, 3.8) is 0 Å². The number of amides is 1. The second-order valence-corrected chi connectivity index (χ2v) is 8.35. The first kappa shape index (κ1) is 17.9. The van der Waals surface area contributed by atoms with E-state index in [4.69, 9.17) is 0 Å². The number of rotatable bonds is 5. The van der Waals surface area contributed by atoms with Crippen molar-refractivity contribution in [3.05, 3.63) is 59.1 Å². The van der Waals surface area contributed by atoms with Crippen molar-refractivity contribution in [2.75, 3.05) is 10.0 Å². The Labute approximate surface area is 154 Å². The second kappa shape index (κ2) is 7.52. The van der Waals surface area contributed by atoms with Gasteiger partial charge in [0.1, 0.15) is 11.4 Å². The predicted octanol–water partition coefficient (Wildman–Crippen LogP) is 2.02. The molecule has 1 amide bonds. The van der Waals surface area contributed by atoms with Crippen molar-refractivity contribution < 1.29 is 13.2 Å². The molecule has 0 spiro atoms. The fourth-order valence-corrected chi connectivity index (χ4v) is 3.95. The molecule has 0 bridgehead atoms. The molecule has 2 aromatic rings. The maximum absolute atomic E-state index is 12.5. The summed E-state index contributed by atoms with van der Waals surface area (Å²) in [5.41, 5.74) is 6.53. The van der Waals surface area contributed by atoms with E-state index in [-0.39, 0.29) is 12.3 Å². The van der Waals surface area contributed by atoms with E-state index in [2.05, 4.69) is 36.8 Å². The Morgan fingerprint density at radius 2 is 1.68 bits per heavy atom. The normalized spacial score (nSPS) is 20.2. The minimum absolute atomic E-state index is 0.116. The van der Waals surface area contributed by atoms with Gasteiger partial charge in [0.25, 0.3) is 0 Å². The summed E-state index contributed by atoms with van der Waals surface area (Å²) in [6.07, 6.45) is 0.116. The van der Waals surface area contributed by atoms with Crippen molar-refractivity contribution in [1.29, 1.82) is 0 Å². The van der Waals surface area contributed by atoms with Crippen LogP contribution >= 0.6 is 15.9 Å². The van der Waals surface area contributed by atoms with Crippen LogP contribution in [0.5, 0.6) is 0 Å². The molecule has 1 heterocycles. The number of carbonyl (C=O) groups is 1. The molecule has 1 aliphatic rings. The van der Waals surface area contributed by atoms with Gasteiger partial charge in [0.2, 0.25) is 15.9 Å². The molecular formula is C16H17BrN4O3S. The lowest BCUT2D eigenvalue weighted by molar-refractivity contribution is -0.117. The molecule has 132 valence electrons. The average Bonchev–Trinajstić information content (AvgIpc) is 3.09. The van der Waals surface area contributed by atoms with Crippen molar-refractivity contribution in [2.24, 2.45) is 0 Å². The maximum Gasteiger partial charge on any atom is 0.250 e. The van der Waals surface area contributed by atoms with Crippen molar-refractivity contribution >= 4 is 43.2 Å². The van der Waals surface area contributed by atoms with Crippen LogP contribution in [0.4, 0.5) is 11.4 Å². The number of benzene rings is 2. The Hall–Kier alpha value is -1.94. The molecule has 3 rings (SSSR count). The van der Waals surface area contributed by atoms with E-state index in [1.807, 2.05) is 18.2 Å². The van der Waals surface area contributed by atoms with E-state index in [1.165, 1.54) is 0 Å². The fraction of sp³-hybridized carbons (Fsp3) is 0.188. The lowest BCUT2D eigenvalue weighted by atomic mass is 10.2. The monoisotopic (exact) mass is 424 g/mol. The smallest absolute Gasteiger partial charge is 0.250 e. The molecule has 9 heteroatoms. The van der Waals surface area contributed by atoms with E-state index >= 15 is 0 Å². The van der Waals surface area contributed by atoms with Gasteiger partial charge >= 0.3 is 0 Å². The van der Waals surface area contributed by atoms with E-state index in [1.54, 1.807) is 36.4 Å². The Bertz CT molecular complexity index is 843. The van der Waals surface area contributed by atoms with Crippen LogP contribution in [-0.2, 0) is 14.8 Å². The van der Waals surface area contributed by atoms with Crippen LogP contribution in [0, 0.1) is 0 Å². The third-order valence-corrected chi connectivity index (χ3v) is 5.81. The minimum atomic E-state index is -3.68. The van der Waals surface area contributed by atoms with E-state index in [0.717, 1.165) is 4.47 Å². The molecule has 0 aromatic heterocycles. The summed E-state index contributed by atoms with van der Waals surface area (Å²) in [6.45, 7) is 0. The zero-order valence-electron chi connectivity index (χ0n) is 13.1. The molecule has 2 atom stereocenters. The van der Waals surface area contributed by atoms with Crippen LogP contribution in [0.15, 0.2) is 59.1 Å². The Morgan fingerprint density at radius 1 is 1.00 bits per heavy atom. The zero-order chi connectivity index (χ0) is 17.9. The summed E-state index contributed by atoms with van der Waals surface area (Å²) in [7, 11) is -3.68. The van der Waals surface area contributed by atoms with Gasteiger partial charge in [0, 0.05) is 22.3 Å². The van der Waals surface area contributed by atoms with Gasteiger partial charge in [0.05, 0.1) is 0 Å². The van der Waals surface area contributed by atoms with Crippen LogP contribution in [0.3, 0.4) is 0 Å². The first-order valence-corrected chi connectivity index (χ1v) is 9.92. The van der Waals surface area contributed by atoms with E-state index in [9.17, 15) is 13.2 Å². The lowest BCUT2D eigenvalue weighted by Crippen LogP contribution is -2.42.